The lowest BCUT2D eigenvalue weighted by Crippen LogP contribution is -2.09. The van der Waals surface area contributed by atoms with Gasteiger partial charge in [-0.15, -0.1) is 0 Å². The minimum atomic E-state index is 0.905. The maximum Gasteiger partial charge on any atom is 0.143 e. The molecular formula is C56H37NO. The summed E-state index contributed by atoms with van der Waals surface area (Å²) in [5.41, 5.74) is 14.5. The van der Waals surface area contributed by atoms with E-state index in [9.17, 15) is 0 Å². The number of hydrogen-bond donors (Lipinski definition) is 0. The summed E-state index contributed by atoms with van der Waals surface area (Å²) >= 11 is 0. The summed E-state index contributed by atoms with van der Waals surface area (Å²) in [5.74, 6) is 0. The van der Waals surface area contributed by atoms with Gasteiger partial charge in [0.15, 0.2) is 0 Å². The second-order valence-corrected chi connectivity index (χ2v) is 14.9. The Morgan fingerprint density at radius 2 is 0.724 bits per heavy atom. The number of rotatable bonds is 7. The van der Waals surface area contributed by atoms with E-state index >= 15 is 0 Å². The molecule has 0 fully saturated rings. The topological polar surface area (TPSA) is 16.4 Å². The largest absolute Gasteiger partial charge is 0.455 e. The second kappa shape index (κ2) is 14.1. The number of nitrogens with zero attached hydrogens (tertiary/aromatic N) is 1. The Bertz CT molecular complexity index is 3250. The monoisotopic (exact) mass is 739 g/mol. The summed E-state index contributed by atoms with van der Waals surface area (Å²) in [7, 11) is 0. The number of furan rings is 1. The molecule has 0 spiro atoms. The SMILES string of the molecule is c1ccc(-c2ccccc2-c2ccc(N(c3ccc(-c4cc5ccccc5c5ccccc45)cc3)c3ccc(-c4cccc5c4oc4ccccc45)cc3)cc2)cc1. The maximum absolute atomic E-state index is 6.43. The molecule has 1 aromatic heterocycles. The van der Waals surface area contributed by atoms with Crippen molar-refractivity contribution in [3.63, 3.8) is 0 Å². The van der Waals surface area contributed by atoms with E-state index in [2.05, 4.69) is 217 Å². The molecule has 0 N–H and O–H groups in total. The second-order valence-electron chi connectivity index (χ2n) is 14.9. The van der Waals surface area contributed by atoms with Crippen LogP contribution in [0.2, 0.25) is 0 Å². The van der Waals surface area contributed by atoms with Gasteiger partial charge in [0.1, 0.15) is 11.2 Å². The summed E-state index contributed by atoms with van der Waals surface area (Å²) < 4.78 is 6.43. The van der Waals surface area contributed by atoms with Crippen molar-refractivity contribution in [1.29, 1.82) is 0 Å². The van der Waals surface area contributed by atoms with Crippen LogP contribution in [-0.4, -0.2) is 0 Å². The van der Waals surface area contributed by atoms with Gasteiger partial charge in [-0.3, -0.25) is 0 Å². The van der Waals surface area contributed by atoms with Gasteiger partial charge in [0.25, 0.3) is 0 Å². The molecule has 0 amide bonds. The molecule has 11 aromatic rings. The molecule has 0 aliphatic carbocycles. The predicted octanol–water partition coefficient (Wildman–Crippen LogP) is 16.0. The highest BCUT2D eigenvalue weighted by molar-refractivity contribution is 6.14. The molecule has 0 atom stereocenters. The van der Waals surface area contributed by atoms with Crippen molar-refractivity contribution < 1.29 is 4.42 Å². The van der Waals surface area contributed by atoms with Gasteiger partial charge in [-0.2, -0.15) is 0 Å². The smallest absolute Gasteiger partial charge is 0.143 e. The van der Waals surface area contributed by atoms with Crippen molar-refractivity contribution in [2.24, 2.45) is 0 Å². The van der Waals surface area contributed by atoms with E-state index in [0.29, 0.717) is 0 Å². The number of para-hydroxylation sites is 2. The summed E-state index contributed by atoms with van der Waals surface area (Å²) in [6, 6.07) is 80.6. The molecule has 0 radical (unpaired) electrons. The average Bonchev–Trinajstić information content (AvgIpc) is 3.69. The Labute approximate surface area is 337 Å². The number of hydrogen-bond acceptors (Lipinski definition) is 2. The first-order chi connectivity index (χ1) is 28.8. The Hall–Kier alpha value is -7.68. The maximum atomic E-state index is 6.43. The van der Waals surface area contributed by atoms with Gasteiger partial charge in [-0.05, 0) is 109 Å². The van der Waals surface area contributed by atoms with Crippen LogP contribution in [0.1, 0.15) is 0 Å². The minimum absolute atomic E-state index is 0.905. The quantitative estimate of drug-likeness (QED) is 0.151. The molecule has 1 heterocycles. The van der Waals surface area contributed by atoms with Gasteiger partial charge < -0.3 is 9.32 Å². The zero-order valence-electron chi connectivity index (χ0n) is 31.7. The van der Waals surface area contributed by atoms with Crippen molar-refractivity contribution in [2.75, 3.05) is 4.90 Å². The Kier molecular flexibility index (Phi) is 8.19. The van der Waals surface area contributed by atoms with Crippen molar-refractivity contribution in [3.8, 4) is 44.5 Å². The van der Waals surface area contributed by atoms with Gasteiger partial charge in [0.05, 0.1) is 0 Å². The van der Waals surface area contributed by atoms with Gasteiger partial charge >= 0.3 is 0 Å². The van der Waals surface area contributed by atoms with Crippen LogP contribution in [0, 0.1) is 0 Å². The first kappa shape index (κ1) is 33.6. The van der Waals surface area contributed by atoms with Gasteiger partial charge in [0, 0.05) is 33.4 Å². The molecule has 2 nitrogen and oxygen atoms in total. The zero-order chi connectivity index (χ0) is 38.4. The molecule has 0 bridgehead atoms. The van der Waals surface area contributed by atoms with Crippen LogP contribution in [0.5, 0.6) is 0 Å². The molecular weight excluding hydrogens is 703 g/mol. The Morgan fingerprint density at radius 3 is 1.38 bits per heavy atom. The highest BCUT2D eigenvalue weighted by atomic mass is 16.3. The molecule has 11 rings (SSSR count). The lowest BCUT2D eigenvalue weighted by Gasteiger charge is -2.26. The average molecular weight is 740 g/mol. The molecule has 10 aromatic carbocycles. The van der Waals surface area contributed by atoms with Crippen molar-refractivity contribution in [2.45, 2.75) is 0 Å². The normalized spacial score (nSPS) is 11.4. The van der Waals surface area contributed by atoms with Crippen LogP contribution < -0.4 is 4.90 Å². The van der Waals surface area contributed by atoms with Crippen molar-refractivity contribution in [1.82, 2.24) is 0 Å². The van der Waals surface area contributed by atoms with Crippen molar-refractivity contribution >= 4 is 60.5 Å². The van der Waals surface area contributed by atoms with E-state index in [-0.39, 0.29) is 0 Å². The van der Waals surface area contributed by atoms with Crippen LogP contribution in [0.15, 0.2) is 229 Å². The van der Waals surface area contributed by atoms with E-state index in [1.165, 1.54) is 54.9 Å². The first-order valence-corrected chi connectivity index (χ1v) is 19.8. The third-order valence-corrected chi connectivity index (χ3v) is 11.5. The first-order valence-electron chi connectivity index (χ1n) is 19.8. The molecule has 58 heavy (non-hydrogen) atoms. The van der Waals surface area contributed by atoms with Crippen LogP contribution >= 0.6 is 0 Å². The zero-order valence-corrected chi connectivity index (χ0v) is 31.7. The molecule has 0 aliphatic rings. The van der Waals surface area contributed by atoms with E-state index in [1.807, 2.05) is 12.1 Å². The highest BCUT2D eigenvalue weighted by Crippen LogP contribution is 2.42. The van der Waals surface area contributed by atoms with Crippen LogP contribution in [0.25, 0.3) is 88.0 Å². The fourth-order valence-electron chi connectivity index (χ4n) is 8.69. The van der Waals surface area contributed by atoms with Gasteiger partial charge in [-0.1, -0.05) is 176 Å². The lowest BCUT2D eigenvalue weighted by atomic mass is 9.93. The van der Waals surface area contributed by atoms with Gasteiger partial charge in [0.2, 0.25) is 0 Å². The summed E-state index contributed by atoms with van der Waals surface area (Å²) in [5, 5.41) is 7.32. The standard InChI is InChI=1S/C56H37NO/c1-2-13-38(14-3-1)46-16-6-7-17-47(46)39-25-31-43(32-26-39)57(44-33-27-40(28-34-44)49-22-12-23-53-52-21-10-11-24-55(52)58-56(49)53)45-35-29-41(30-36-45)54-37-42-15-4-5-18-48(42)50-19-8-9-20-51(50)54/h1-37H. The third-order valence-electron chi connectivity index (χ3n) is 11.5. The fourth-order valence-corrected chi connectivity index (χ4v) is 8.69. The van der Waals surface area contributed by atoms with E-state index in [4.69, 9.17) is 4.42 Å². The summed E-state index contributed by atoms with van der Waals surface area (Å²) in [6.07, 6.45) is 0. The summed E-state index contributed by atoms with van der Waals surface area (Å²) in [4.78, 5) is 2.35. The number of benzene rings is 10. The predicted molar refractivity (Wildman–Crippen MR) is 245 cm³/mol. The van der Waals surface area contributed by atoms with Crippen LogP contribution in [0.4, 0.5) is 17.1 Å². The molecule has 0 unspecified atom stereocenters. The van der Waals surface area contributed by atoms with Crippen molar-refractivity contribution in [3.05, 3.63) is 224 Å². The van der Waals surface area contributed by atoms with E-state index < -0.39 is 0 Å². The molecule has 0 saturated heterocycles. The summed E-state index contributed by atoms with van der Waals surface area (Å²) in [6.45, 7) is 0. The Morgan fingerprint density at radius 1 is 0.276 bits per heavy atom. The molecule has 2 heteroatoms. The number of fused-ring (bicyclic) bond motifs is 6. The van der Waals surface area contributed by atoms with E-state index in [1.54, 1.807) is 0 Å². The fraction of sp³-hybridized carbons (Fsp3) is 0. The number of anilines is 3. The molecule has 272 valence electrons. The van der Waals surface area contributed by atoms with Crippen LogP contribution in [0.3, 0.4) is 0 Å². The lowest BCUT2D eigenvalue weighted by molar-refractivity contribution is 0.670. The minimum Gasteiger partial charge on any atom is -0.455 e. The van der Waals surface area contributed by atoms with Gasteiger partial charge in [-0.25, -0.2) is 0 Å². The van der Waals surface area contributed by atoms with Crippen LogP contribution in [-0.2, 0) is 0 Å². The molecule has 0 saturated carbocycles. The highest BCUT2D eigenvalue weighted by Gasteiger charge is 2.17. The molecule has 0 aliphatic heterocycles. The Balaban J connectivity index is 1.01. The third kappa shape index (κ3) is 5.82. The van der Waals surface area contributed by atoms with E-state index in [0.717, 1.165) is 50.1 Å².